The Morgan fingerprint density at radius 3 is 2.53 bits per heavy atom. The van der Waals surface area contributed by atoms with Gasteiger partial charge in [0.2, 0.25) is 0 Å². The van der Waals surface area contributed by atoms with E-state index in [0.29, 0.717) is 11.3 Å². The van der Waals surface area contributed by atoms with Gasteiger partial charge in [0.25, 0.3) is 0 Å². The quantitative estimate of drug-likeness (QED) is 0.804. The van der Waals surface area contributed by atoms with Gasteiger partial charge < -0.3 is 9.84 Å². The Bertz CT molecular complexity index is 358. The van der Waals surface area contributed by atoms with E-state index >= 15 is 0 Å². The van der Waals surface area contributed by atoms with E-state index in [2.05, 4.69) is 4.74 Å². The van der Waals surface area contributed by atoms with Crippen molar-refractivity contribution in [3.8, 4) is 0 Å². The number of esters is 1. The number of ether oxygens (including phenoxy) is 1. The SMILES string of the molecule is COC(=O)C(O)c1ccc(C(F)(F)F)s1. The first-order chi connectivity index (χ1) is 6.86. The van der Waals surface area contributed by atoms with Gasteiger partial charge in [0.1, 0.15) is 4.88 Å². The molecule has 0 fully saturated rings. The van der Waals surface area contributed by atoms with E-state index in [4.69, 9.17) is 0 Å². The highest BCUT2D eigenvalue weighted by atomic mass is 32.1. The molecule has 0 aliphatic heterocycles. The lowest BCUT2D eigenvalue weighted by molar-refractivity contribution is -0.150. The predicted octanol–water partition coefficient (Wildman–Crippen LogP) is 1.97. The summed E-state index contributed by atoms with van der Waals surface area (Å²) < 4.78 is 40.7. The van der Waals surface area contributed by atoms with E-state index in [-0.39, 0.29) is 4.88 Å². The molecule has 0 spiro atoms. The van der Waals surface area contributed by atoms with Gasteiger partial charge in [-0.15, -0.1) is 11.3 Å². The van der Waals surface area contributed by atoms with Crippen molar-refractivity contribution in [1.82, 2.24) is 0 Å². The molecule has 0 radical (unpaired) electrons. The summed E-state index contributed by atoms with van der Waals surface area (Å²) in [6.45, 7) is 0. The van der Waals surface area contributed by atoms with Crippen LogP contribution in [0.3, 0.4) is 0 Å². The third-order valence-corrected chi connectivity index (χ3v) is 2.78. The lowest BCUT2D eigenvalue weighted by atomic mass is 10.3. The highest BCUT2D eigenvalue weighted by molar-refractivity contribution is 7.12. The van der Waals surface area contributed by atoms with E-state index in [1.807, 2.05) is 0 Å². The van der Waals surface area contributed by atoms with Gasteiger partial charge in [-0.2, -0.15) is 13.2 Å². The van der Waals surface area contributed by atoms with Crippen molar-refractivity contribution in [2.24, 2.45) is 0 Å². The fraction of sp³-hybridized carbons (Fsp3) is 0.375. The van der Waals surface area contributed by atoms with Crippen molar-refractivity contribution in [3.63, 3.8) is 0 Å². The number of aliphatic hydroxyl groups excluding tert-OH is 1. The van der Waals surface area contributed by atoms with Gasteiger partial charge in [-0.25, -0.2) is 4.79 Å². The van der Waals surface area contributed by atoms with Crippen LogP contribution in [0, 0.1) is 0 Å². The topological polar surface area (TPSA) is 46.5 Å². The van der Waals surface area contributed by atoms with Crippen molar-refractivity contribution in [1.29, 1.82) is 0 Å². The smallest absolute Gasteiger partial charge is 0.425 e. The zero-order chi connectivity index (χ0) is 11.6. The summed E-state index contributed by atoms with van der Waals surface area (Å²) in [4.78, 5) is 9.87. The Morgan fingerprint density at radius 2 is 2.13 bits per heavy atom. The Kier molecular flexibility index (Phi) is 3.35. The first-order valence-corrected chi connectivity index (χ1v) is 4.60. The van der Waals surface area contributed by atoms with Gasteiger partial charge in [0, 0.05) is 4.88 Å². The van der Waals surface area contributed by atoms with Gasteiger partial charge in [-0.3, -0.25) is 0 Å². The van der Waals surface area contributed by atoms with Gasteiger partial charge in [0.15, 0.2) is 6.10 Å². The number of methoxy groups -OCH3 is 1. The van der Waals surface area contributed by atoms with Crippen LogP contribution in [0.5, 0.6) is 0 Å². The number of hydrogen-bond acceptors (Lipinski definition) is 4. The largest absolute Gasteiger partial charge is 0.467 e. The molecule has 1 atom stereocenters. The molecule has 1 aromatic heterocycles. The maximum atomic E-state index is 12.2. The number of rotatable bonds is 2. The Hall–Kier alpha value is -1.08. The maximum Gasteiger partial charge on any atom is 0.425 e. The average molecular weight is 240 g/mol. The average Bonchev–Trinajstić information content (AvgIpc) is 2.63. The molecule has 1 aromatic rings. The highest BCUT2D eigenvalue weighted by Crippen LogP contribution is 2.36. The van der Waals surface area contributed by atoms with Gasteiger partial charge in [-0.05, 0) is 12.1 Å². The second kappa shape index (κ2) is 4.19. The summed E-state index contributed by atoms with van der Waals surface area (Å²) >= 11 is 0.316. The van der Waals surface area contributed by atoms with Crippen molar-refractivity contribution in [2.45, 2.75) is 12.3 Å². The number of alkyl halides is 3. The number of carbonyl (C=O) groups excluding carboxylic acids is 1. The minimum Gasteiger partial charge on any atom is -0.467 e. The van der Waals surface area contributed by atoms with Crippen LogP contribution in [0.25, 0.3) is 0 Å². The Labute approximate surface area is 87.1 Å². The van der Waals surface area contributed by atoms with Crippen molar-refractivity contribution < 1.29 is 27.8 Å². The van der Waals surface area contributed by atoms with E-state index < -0.39 is 23.1 Å². The third kappa shape index (κ3) is 2.69. The van der Waals surface area contributed by atoms with Crippen LogP contribution in [0.15, 0.2) is 12.1 Å². The predicted molar refractivity (Wildman–Crippen MR) is 46.3 cm³/mol. The molecule has 84 valence electrons. The number of carbonyl (C=O) groups is 1. The zero-order valence-corrected chi connectivity index (χ0v) is 8.35. The second-order valence-electron chi connectivity index (χ2n) is 2.63. The molecule has 1 heterocycles. The van der Waals surface area contributed by atoms with Crippen molar-refractivity contribution in [2.75, 3.05) is 7.11 Å². The standard InChI is InChI=1S/C8H7F3O3S/c1-14-7(13)6(12)4-2-3-5(15-4)8(9,10)11/h2-3,6,12H,1H3. The number of aliphatic hydroxyl groups is 1. The summed E-state index contributed by atoms with van der Waals surface area (Å²) in [6.07, 6.45) is -6.12. The van der Waals surface area contributed by atoms with Crippen molar-refractivity contribution in [3.05, 3.63) is 21.9 Å². The molecule has 0 aliphatic carbocycles. The Morgan fingerprint density at radius 1 is 1.53 bits per heavy atom. The van der Waals surface area contributed by atoms with Gasteiger partial charge in [-0.1, -0.05) is 0 Å². The van der Waals surface area contributed by atoms with Gasteiger partial charge in [0.05, 0.1) is 7.11 Å². The molecular weight excluding hydrogens is 233 g/mol. The molecule has 1 unspecified atom stereocenters. The molecule has 0 saturated carbocycles. The molecule has 15 heavy (non-hydrogen) atoms. The summed E-state index contributed by atoms with van der Waals surface area (Å²) in [5, 5.41) is 9.24. The fourth-order valence-electron chi connectivity index (χ4n) is 0.880. The Balaban J connectivity index is 2.89. The van der Waals surface area contributed by atoms with Crippen molar-refractivity contribution >= 4 is 17.3 Å². The molecule has 0 bridgehead atoms. The van der Waals surface area contributed by atoms with Gasteiger partial charge >= 0.3 is 12.1 Å². The van der Waals surface area contributed by atoms with Crippen LogP contribution in [-0.4, -0.2) is 18.2 Å². The van der Waals surface area contributed by atoms with Crippen LogP contribution in [0.2, 0.25) is 0 Å². The van der Waals surface area contributed by atoms with E-state index in [9.17, 15) is 23.1 Å². The number of hydrogen-bond donors (Lipinski definition) is 1. The molecule has 0 amide bonds. The van der Waals surface area contributed by atoms with Crippen LogP contribution < -0.4 is 0 Å². The van der Waals surface area contributed by atoms with Crippen LogP contribution in [-0.2, 0) is 15.7 Å². The van der Waals surface area contributed by atoms with Crippen LogP contribution in [0.4, 0.5) is 13.2 Å². The summed E-state index contributed by atoms with van der Waals surface area (Å²) in [5.41, 5.74) is 0. The molecule has 3 nitrogen and oxygen atoms in total. The maximum absolute atomic E-state index is 12.2. The molecule has 0 aliphatic rings. The minimum atomic E-state index is -4.46. The fourth-order valence-corrected chi connectivity index (χ4v) is 1.73. The highest BCUT2D eigenvalue weighted by Gasteiger charge is 2.33. The van der Waals surface area contributed by atoms with E-state index in [1.54, 1.807) is 0 Å². The molecular formula is C8H7F3O3S. The zero-order valence-electron chi connectivity index (χ0n) is 7.54. The molecule has 0 saturated heterocycles. The lowest BCUT2D eigenvalue weighted by Gasteiger charge is -2.05. The molecule has 1 N–H and O–H groups in total. The number of thiophene rings is 1. The summed E-state index contributed by atoms with van der Waals surface area (Å²) in [5.74, 6) is -0.981. The monoisotopic (exact) mass is 240 g/mol. The lowest BCUT2D eigenvalue weighted by Crippen LogP contribution is -2.11. The third-order valence-electron chi connectivity index (χ3n) is 1.60. The molecule has 0 aromatic carbocycles. The van der Waals surface area contributed by atoms with E-state index in [1.165, 1.54) is 0 Å². The summed E-state index contributed by atoms with van der Waals surface area (Å²) in [7, 11) is 1.05. The van der Waals surface area contributed by atoms with E-state index in [0.717, 1.165) is 19.2 Å². The normalized spacial score (nSPS) is 13.7. The molecule has 7 heteroatoms. The first-order valence-electron chi connectivity index (χ1n) is 3.79. The van der Waals surface area contributed by atoms with Crippen LogP contribution >= 0.6 is 11.3 Å². The first kappa shape index (κ1) is 12.0. The minimum absolute atomic E-state index is 0.0887. The molecule has 1 rings (SSSR count). The number of halogens is 3. The second-order valence-corrected chi connectivity index (χ2v) is 3.74. The summed E-state index contributed by atoms with van der Waals surface area (Å²) in [6, 6.07) is 1.86. The van der Waals surface area contributed by atoms with Crippen LogP contribution in [0.1, 0.15) is 15.9 Å².